The summed E-state index contributed by atoms with van der Waals surface area (Å²) in [6.07, 6.45) is 1.90. The van der Waals surface area contributed by atoms with Crippen LogP contribution >= 0.6 is 0 Å². The number of imidazole rings is 1. The maximum atomic E-state index is 12.6. The largest absolute Gasteiger partial charge is 0.496 e. The fourth-order valence-corrected chi connectivity index (χ4v) is 2.76. The predicted molar refractivity (Wildman–Crippen MR) is 85.3 cm³/mol. The molecule has 1 amide bonds. The second-order valence-electron chi connectivity index (χ2n) is 5.64. The van der Waals surface area contributed by atoms with Gasteiger partial charge in [0.25, 0.3) is 0 Å². The lowest BCUT2D eigenvalue weighted by Gasteiger charge is -2.32. The van der Waals surface area contributed by atoms with Gasteiger partial charge < -0.3 is 19.4 Å². The van der Waals surface area contributed by atoms with E-state index >= 15 is 0 Å². The van der Waals surface area contributed by atoms with Crippen LogP contribution in [0.1, 0.15) is 23.2 Å². The number of hydrogen-bond donors (Lipinski definition) is 1. The third-order valence-electron chi connectivity index (χ3n) is 3.98. The lowest BCUT2D eigenvalue weighted by molar-refractivity contribution is -0.138. The summed E-state index contributed by atoms with van der Waals surface area (Å²) in [5.74, 6) is 1.59. The molecule has 1 saturated heterocycles. The number of hydrogen-bond acceptors (Lipinski definition) is 4. The molecule has 2 aromatic rings. The molecule has 3 rings (SSSR count). The number of nitrogens with one attached hydrogen (secondary N) is 1. The van der Waals surface area contributed by atoms with Crippen molar-refractivity contribution in [1.29, 1.82) is 0 Å². The van der Waals surface area contributed by atoms with Crippen molar-refractivity contribution < 1.29 is 14.3 Å². The van der Waals surface area contributed by atoms with E-state index in [0.29, 0.717) is 26.1 Å². The third kappa shape index (κ3) is 3.53. The van der Waals surface area contributed by atoms with Gasteiger partial charge in [0.2, 0.25) is 5.91 Å². The molecule has 0 radical (unpaired) electrons. The molecule has 1 atom stereocenters. The number of aryl methyl sites for hydroxylation is 1. The molecule has 0 spiro atoms. The van der Waals surface area contributed by atoms with Crippen LogP contribution in [0.4, 0.5) is 0 Å². The summed E-state index contributed by atoms with van der Waals surface area (Å²) < 4.78 is 11.1. The van der Waals surface area contributed by atoms with E-state index in [2.05, 4.69) is 9.97 Å². The molecule has 1 N–H and O–H groups in total. The van der Waals surface area contributed by atoms with Crippen molar-refractivity contribution in [3.63, 3.8) is 0 Å². The first-order valence-electron chi connectivity index (χ1n) is 7.70. The zero-order valence-corrected chi connectivity index (χ0v) is 13.4. The smallest absolute Gasteiger partial charge is 0.227 e. The Kier molecular flexibility index (Phi) is 4.62. The first-order chi connectivity index (χ1) is 11.2. The molecule has 6 nitrogen and oxygen atoms in total. The quantitative estimate of drug-likeness (QED) is 0.935. The molecule has 1 aliphatic rings. The van der Waals surface area contributed by atoms with Crippen LogP contribution in [-0.4, -0.2) is 47.6 Å². The maximum Gasteiger partial charge on any atom is 0.227 e. The Hall–Kier alpha value is -2.34. The molecule has 23 heavy (non-hydrogen) atoms. The van der Waals surface area contributed by atoms with Crippen molar-refractivity contribution in [2.24, 2.45) is 0 Å². The average molecular weight is 315 g/mol. The van der Waals surface area contributed by atoms with Crippen molar-refractivity contribution in [2.75, 3.05) is 26.8 Å². The van der Waals surface area contributed by atoms with Crippen LogP contribution in [-0.2, 0) is 16.0 Å². The van der Waals surface area contributed by atoms with E-state index in [4.69, 9.17) is 9.47 Å². The Bertz CT molecular complexity index is 683. The number of aromatic amines is 1. The lowest BCUT2D eigenvalue weighted by Crippen LogP contribution is -2.43. The van der Waals surface area contributed by atoms with Crippen LogP contribution in [0.2, 0.25) is 0 Å². The molecule has 1 aliphatic heterocycles. The summed E-state index contributed by atoms with van der Waals surface area (Å²) in [5, 5.41) is 0. The van der Waals surface area contributed by atoms with E-state index in [1.54, 1.807) is 13.3 Å². The number of ether oxygens (including phenoxy) is 2. The van der Waals surface area contributed by atoms with Crippen LogP contribution in [0, 0.1) is 6.92 Å². The number of carbonyl (C=O) groups excluding carboxylic acids is 1. The Labute approximate surface area is 135 Å². The summed E-state index contributed by atoms with van der Waals surface area (Å²) in [4.78, 5) is 21.9. The normalized spacial score (nSPS) is 18.0. The SMILES string of the molecule is COc1ccccc1CC(=O)N1CCO[C@@H](c2ncc(C)[nH]2)C1. The maximum absolute atomic E-state index is 12.6. The number of nitrogens with zero attached hydrogens (tertiary/aromatic N) is 2. The molecule has 6 heteroatoms. The Morgan fingerprint density at radius 1 is 1.48 bits per heavy atom. The van der Waals surface area contributed by atoms with Gasteiger partial charge in [-0.3, -0.25) is 4.79 Å². The predicted octanol–water partition coefficient (Wildman–Crippen LogP) is 1.87. The average Bonchev–Trinajstić information content (AvgIpc) is 3.02. The highest BCUT2D eigenvalue weighted by atomic mass is 16.5. The summed E-state index contributed by atoms with van der Waals surface area (Å²) >= 11 is 0. The molecule has 122 valence electrons. The Balaban J connectivity index is 1.67. The molecule has 1 fully saturated rings. The minimum absolute atomic E-state index is 0.0751. The second kappa shape index (κ2) is 6.83. The summed E-state index contributed by atoms with van der Waals surface area (Å²) in [7, 11) is 1.62. The highest BCUT2D eigenvalue weighted by molar-refractivity contribution is 5.79. The third-order valence-corrected chi connectivity index (χ3v) is 3.98. The van der Waals surface area contributed by atoms with Gasteiger partial charge in [-0.15, -0.1) is 0 Å². The minimum atomic E-state index is -0.195. The van der Waals surface area contributed by atoms with Crippen LogP contribution in [0.15, 0.2) is 30.5 Å². The molecule has 0 bridgehead atoms. The van der Waals surface area contributed by atoms with Crippen LogP contribution < -0.4 is 4.74 Å². The number of methoxy groups -OCH3 is 1. The zero-order valence-electron chi connectivity index (χ0n) is 13.4. The van der Waals surface area contributed by atoms with Gasteiger partial charge in [-0.25, -0.2) is 4.98 Å². The van der Waals surface area contributed by atoms with Crippen molar-refractivity contribution in [2.45, 2.75) is 19.4 Å². The molecule has 2 heterocycles. The second-order valence-corrected chi connectivity index (χ2v) is 5.64. The van der Waals surface area contributed by atoms with Gasteiger partial charge in [-0.2, -0.15) is 0 Å². The molecule has 1 aromatic heterocycles. The monoisotopic (exact) mass is 315 g/mol. The number of amides is 1. The molecular formula is C17H21N3O3. The van der Waals surface area contributed by atoms with E-state index in [1.807, 2.05) is 36.1 Å². The van der Waals surface area contributed by atoms with Gasteiger partial charge in [-0.1, -0.05) is 18.2 Å². The highest BCUT2D eigenvalue weighted by Crippen LogP contribution is 2.22. The molecule has 0 saturated carbocycles. The Morgan fingerprint density at radius 2 is 2.30 bits per heavy atom. The first-order valence-corrected chi connectivity index (χ1v) is 7.70. The summed E-state index contributed by atoms with van der Waals surface area (Å²) in [5.41, 5.74) is 1.89. The van der Waals surface area contributed by atoms with Crippen molar-refractivity contribution in [3.8, 4) is 5.75 Å². The molecular weight excluding hydrogens is 294 g/mol. The fourth-order valence-electron chi connectivity index (χ4n) is 2.76. The van der Waals surface area contributed by atoms with E-state index in [9.17, 15) is 4.79 Å². The van der Waals surface area contributed by atoms with E-state index in [0.717, 1.165) is 22.8 Å². The van der Waals surface area contributed by atoms with Gasteiger partial charge in [0.1, 0.15) is 17.7 Å². The fraction of sp³-hybridized carbons (Fsp3) is 0.412. The number of H-pyrrole nitrogens is 1. The van der Waals surface area contributed by atoms with Gasteiger partial charge in [0.05, 0.1) is 26.7 Å². The summed E-state index contributed by atoms with van der Waals surface area (Å²) in [6, 6.07) is 7.61. The van der Waals surface area contributed by atoms with Crippen LogP contribution in [0.3, 0.4) is 0 Å². The number of morpholine rings is 1. The van der Waals surface area contributed by atoms with E-state index in [-0.39, 0.29) is 12.0 Å². The highest BCUT2D eigenvalue weighted by Gasteiger charge is 2.27. The first kappa shape index (κ1) is 15.6. The van der Waals surface area contributed by atoms with Gasteiger partial charge >= 0.3 is 0 Å². The summed E-state index contributed by atoms with van der Waals surface area (Å²) in [6.45, 7) is 3.58. The molecule has 1 aromatic carbocycles. The van der Waals surface area contributed by atoms with E-state index < -0.39 is 0 Å². The molecule has 0 unspecified atom stereocenters. The van der Waals surface area contributed by atoms with Crippen molar-refractivity contribution in [1.82, 2.24) is 14.9 Å². The van der Waals surface area contributed by atoms with Gasteiger partial charge in [0.15, 0.2) is 0 Å². The van der Waals surface area contributed by atoms with E-state index in [1.165, 1.54) is 0 Å². The van der Waals surface area contributed by atoms with Gasteiger partial charge in [-0.05, 0) is 13.0 Å². The minimum Gasteiger partial charge on any atom is -0.496 e. The van der Waals surface area contributed by atoms with Gasteiger partial charge in [0, 0.05) is 24.0 Å². The van der Waals surface area contributed by atoms with Crippen molar-refractivity contribution in [3.05, 3.63) is 47.5 Å². The number of para-hydroxylation sites is 1. The number of rotatable bonds is 4. The van der Waals surface area contributed by atoms with Crippen LogP contribution in [0.25, 0.3) is 0 Å². The lowest BCUT2D eigenvalue weighted by atomic mass is 10.1. The number of benzene rings is 1. The Morgan fingerprint density at radius 3 is 3.04 bits per heavy atom. The van der Waals surface area contributed by atoms with Crippen LogP contribution in [0.5, 0.6) is 5.75 Å². The number of aromatic nitrogens is 2. The number of carbonyl (C=O) groups is 1. The van der Waals surface area contributed by atoms with Crippen molar-refractivity contribution >= 4 is 5.91 Å². The zero-order chi connectivity index (χ0) is 16.2. The topological polar surface area (TPSA) is 67.4 Å². The standard InChI is InChI=1S/C17H21N3O3/c1-12-10-18-17(19-12)15-11-20(7-8-23-15)16(21)9-13-5-3-4-6-14(13)22-2/h3-6,10,15H,7-9,11H2,1-2H3,(H,18,19)/t15-/m1/s1. The molecule has 0 aliphatic carbocycles.